The lowest BCUT2D eigenvalue weighted by molar-refractivity contribution is 0.198. The molecule has 2 aromatic rings. The van der Waals surface area contributed by atoms with Crippen molar-refractivity contribution in [3.8, 4) is 11.6 Å². The van der Waals surface area contributed by atoms with Gasteiger partial charge >= 0.3 is 0 Å². The lowest BCUT2D eigenvalue weighted by atomic mass is 10.2. The maximum atomic E-state index is 9.37. The highest BCUT2D eigenvalue weighted by atomic mass is 16.5. The normalized spacial score (nSPS) is 12.4. The van der Waals surface area contributed by atoms with E-state index in [2.05, 4.69) is 17.0 Å². The van der Waals surface area contributed by atoms with Crippen LogP contribution in [0.5, 0.6) is 11.6 Å². The molecule has 1 unspecified atom stereocenters. The summed E-state index contributed by atoms with van der Waals surface area (Å²) < 4.78 is 7.40. The van der Waals surface area contributed by atoms with E-state index in [-0.39, 0.29) is 0 Å². The van der Waals surface area contributed by atoms with Crippen molar-refractivity contribution in [3.05, 3.63) is 36.3 Å². The Morgan fingerprint density at radius 1 is 1.39 bits per heavy atom. The predicted molar refractivity (Wildman–Crippen MR) is 67.5 cm³/mol. The SMILES string of the molecule is CCCn1cc(Oc2ccc(C(C)O)cn2)cn1. The van der Waals surface area contributed by atoms with Crippen molar-refractivity contribution in [2.24, 2.45) is 0 Å². The minimum Gasteiger partial charge on any atom is -0.436 e. The Bertz CT molecular complexity index is 491. The number of rotatable bonds is 5. The minimum atomic E-state index is -0.515. The van der Waals surface area contributed by atoms with Crippen molar-refractivity contribution in [2.45, 2.75) is 32.9 Å². The van der Waals surface area contributed by atoms with E-state index in [9.17, 15) is 5.11 Å². The number of aliphatic hydroxyl groups excluding tert-OH is 1. The molecule has 0 bridgehead atoms. The molecule has 0 aliphatic rings. The topological polar surface area (TPSA) is 60.2 Å². The Morgan fingerprint density at radius 3 is 2.83 bits per heavy atom. The Kier molecular flexibility index (Phi) is 3.94. The molecule has 0 spiro atoms. The highest BCUT2D eigenvalue weighted by molar-refractivity contribution is 5.24. The van der Waals surface area contributed by atoms with Gasteiger partial charge in [-0.05, 0) is 25.0 Å². The minimum absolute atomic E-state index is 0.496. The summed E-state index contributed by atoms with van der Waals surface area (Å²) in [5, 5.41) is 13.5. The summed E-state index contributed by atoms with van der Waals surface area (Å²) in [5.74, 6) is 1.16. The molecule has 1 atom stereocenters. The third-order valence-electron chi connectivity index (χ3n) is 2.53. The molecule has 2 rings (SSSR count). The molecule has 5 nitrogen and oxygen atoms in total. The van der Waals surface area contributed by atoms with Gasteiger partial charge in [-0.25, -0.2) is 4.98 Å². The van der Waals surface area contributed by atoms with Crippen LogP contribution < -0.4 is 4.74 Å². The maximum absolute atomic E-state index is 9.37. The van der Waals surface area contributed by atoms with Crippen molar-refractivity contribution in [1.29, 1.82) is 0 Å². The summed E-state index contributed by atoms with van der Waals surface area (Å²) in [6.45, 7) is 4.67. The summed E-state index contributed by atoms with van der Waals surface area (Å²) in [5.41, 5.74) is 0.768. The monoisotopic (exact) mass is 247 g/mol. The number of pyridine rings is 1. The van der Waals surface area contributed by atoms with Crippen molar-refractivity contribution < 1.29 is 9.84 Å². The van der Waals surface area contributed by atoms with Crippen LogP contribution in [0, 0.1) is 0 Å². The predicted octanol–water partition coefficient (Wildman–Crippen LogP) is 2.53. The molecule has 0 radical (unpaired) electrons. The zero-order valence-electron chi connectivity index (χ0n) is 10.6. The van der Waals surface area contributed by atoms with Crippen LogP contribution in [-0.2, 0) is 6.54 Å². The third kappa shape index (κ3) is 3.07. The molecule has 18 heavy (non-hydrogen) atoms. The van der Waals surface area contributed by atoms with Gasteiger partial charge in [0.05, 0.1) is 18.5 Å². The molecular formula is C13H17N3O2. The van der Waals surface area contributed by atoms with Gasteiger partial charge < -0.3 is 9.84 Å². The fourth-order valence-electron chi connectivity index (χ4n) is 1.57. The zero-order valence-corrected chi connectivity index (χ0v) is 10.6. The average molecular weight is 247 g/mol. The van der Waals surface area contributed by atoms with E-state index < -0.39 is 6.10 Å². The van der Waals surface area contributed by atoms with Crippen molar-refractivity contribution in [2.75, 3.05) is 0 Å². The van der Waals surface area contributed by atoms with E-state index in [0.717, 1.165) is 18.5 Å². The van der Waals surface area contributed by atoms with Crippen LogP contribution in [0.4, 0.5) is 0 Å². The maximum Gasteiger partial charge on any atom is 0.219 e. The van der Waals surface area contributed by atoms with E-state index in [0.29, 0.717) is 11.6 Å². The first kappa shape index (κ1) is 12.6. The second kappa shape index (κ2) is 5.64. The summed E-state index contributed by atoms with van der Waals surface area (Å²) in [6, 6.07) is 3.53. The third-order valence-corrected chi connectivity index (χ3v) is 2.53. The molecule has 0 saturated carbocycles. The molecule has 1 N–H and O–H groups in total. The molecule has 0 aliphatic heterocycles. The smallest absolute Gasteiger partial charge is 0.219 e. The van der Waals surface area contributed by atoms with Crippen LogP contribution in [0.25, 0.3) is 0 Å². The Hall–Kier alpha value is -1.88. The van der Waals surface area contributed by atoms with Gasteiger partial charge in [0.1, 0.15) is 0 Å². The van der Waals surface area contributed by atoms with Gasteiger partial charge in [-0.1, -0.05) is 6.92 Å². The van der Waals surface area contributed by atoms with E-state index >= 15 is 0 Å². The van der Waals surface area contributed by atoms with Gasteiger partial charge in [0.15, 0.2) is 5.75 Å². The second-order valence-corrected chi connectivity index (χ2v) is 4.15. The van der Waals surface area contributed by atoms with Crippen LogP contribution in [-0.4, -0.2) is 19.9 Å². The van der Waals surface area contributed by atoms with Gasteiger partial charge in [0, 0.05) is 18.8 Å². The first-order chi connectivity index (χ1) is 8.69. The van der Waals surface area contributed by atoms with Crippen molar-refractivity contribution in [1.82, 2.24) is 14.8 Å². The quantitative estimate of drug-likeness (QED) is 0.882. The first-order valence-electron chi connectivity index (χ1n) is 6.03. The van der Waals surface area contributed by atoms with Crippen molar-refractivity contribution >= 4 is 0 Å². The van der Waals surface area contributed by atoms with E-state index in [1.165, 1.54) is 0 Å². The second-order valence-electron chi connectivity index (χ2n) is 4.15. The zero-order chi connectivity index (χ0) is 13.0. The van der Waals surface area contributed by atoms with E-state index in [4.69, 9.17) is 4.74 Å². The molecule has 0 aliphatic carbocycles. The highest BCUT2D eigenvalue weighted by Crippen LogP contribution is 2.20. The molecular weight excluding hydrogens is 230 g/mol. The first-order valence-corrected chi connectivity index (χ1v) is 6.03. The van der Waals surface area contributed by atoms with Crippen LogP contribution in [0.1, 0.15) is 31.9 Å². The molecule has 0 fully saturated rings. The summed E-state index contributed by atoms with van der Waals surface area (Å²) in [4.78, 5) is 4.13. The summed E-state index contributed by atoms with van der Waals surface area (Å²) in [6.07, 6.45) is 5.63. The van der Waals surface area contributed by atoms with Gasteiger partial charge in [-0.15, -0.1) is 0 Å². The number of aliphatic hydroxyl groups is 1. The van der Waals surface area contributed by atoms with Crippen LogP contribution >= 0.6 is 0 Å². The number of hydrogen-bond acceptors (Lipinski definition) is 4. The number of nitrogens with zero attached hydrogens (tertiary/aromatic N) is 3. The lowest BCUT2D eigenvalue weighted by Gasteiger charge is -2.05. The number of hydrogen-bond donors (Lipinski definition) is 1. The molecule has 2 heterocycles. The van der Waals surface area contributed by atoms with Gasteiger partial charge in [-0.3, -0.25) is 4.68 Å². The largest absolute Gasteiger partial charge is 0.436 e. The Balaban J connectivity index is 2.03. The van der Waals surface area contributed by atoms with Gasteiger partial charge in [-0.2, -0.15) is 5.10 Å². The number of aryl methyl sites for hydroxylation is 1. The standard InChI is InChI=1S/C13H17N3O2/c1-3-6-16-9-12(8-15-16)18-13-5-4-11(7-14-13)10(2)17/h4-5,7-10,17H,3,6H2,1-2H3. The van der Waals surface area contributed by atoms with Crippen LogP contribution in [0.2, 0.25) is 0 Å². The van der Waals surface area contributed by atoms with E-state index in [1.54, 1.807) is 31.5 Å². The molecule has 2 aromatic heterocycles. The van der Waals surface area contributed by atoms with Gasteiger partial charge in [0.25, 0.3) is 0 Å². The molecule has 5 heteroatoms. The summed E-state index contributed by atoms with van der Waals surface area (Å²) >= 11 is 0. The van der Waals surface area contributed by atoms with Crippen LogP contribution in [0.3, 0.4) is 0 Å². The fraction of sp³-hybridized carbons (Fsp3) is 0.385. The molecule has 0 amide bonds. The number of aromatic nitrogens is 3. The summed E-state index contributed by atoms with van der Waals surface area (Å²) in [7, 11) is 0. The molecule has 96 valence electrons. The average Bonchev–Trinajstić information content (AvgIpc) is 2.78. The number of ether oxygens (including phenoxy) is 1. The lowest BCUT2D eigenvalue weighted by Crippen LogP contribution is -1.95. The van der Waals surface area contributed by atoms with E-state index in [1.807, 2.05) is 10.9 Å². The fourth-order valence-corrected chi connectivity index (χ4v) is 1.57. The van der Waals surface area contributed by atoms with Crippen molar-refractivity contribution in [3.63, 3.8) is 0 Å². The Morgan fingerprint density at radius 2 is 2.22 bits per heavy atom. The van der Waals surface area contributed by atoms with Crippen LogP contribution in [0.15, 0.2) is 30.7 Å². The Labute approximate surface area is 106 Å². The van der Waals surface area contributed by atoms with Gasteiger partial charge in [0.2, 0.25) is 5.88 Å². The molecule has 0 aromatic carbocycles. The highest BCUT2D eigenvalue weighted by Gasteiger charge is 2.04. The molecule has 0 saturated heterocycles.